The van der Waals surface area contributed by atoms with Gasteiger partial charge < -0.3 is 4.90 Å². The number of Topliss-reactive ketones (excluding diaryl/α,β-unsaturated/α-hetero) is 2. The number of carbonyl (C=O) groups excluding carboxylic acids is 2. The summed E-state index contributed by atoms with van der Waals surface area (Å²) in [5, 5.41) is 3.09. The van der Waals surface area contributed by atoms with Crippen LogP contribution in [0.1, 0.15) is 50.6 Å². The van der Waals surface area contributed by atoms with E-state index < -0.39 is 0 Å². The van der Waals surface area contributed by atoms with Crippen LogP contribution in [0.3, 0.4) is 0 Å². The molecule has 1 aliphatic carbocycles. The molecule has 0 N–H and O–H groups in total. The van der Waals surface area contributed by atoms with E-state index in [9.17, 15) is 9.59 Å². The zero-order valence-electron chi connectivity index (χ0n) is 21.9. The Labute approximate surface area is 239 Å². The van der Waals surface area contributed by atoms with Crippen LogP contribution in [0.2, 0.25) is 0 Å². The van der Waals surface area contributed by atoms with Gasteiger partial charge in [0.2, 0.25) is 0 Å². The van der Waals surface area contributed by atoms with Gasteiger partial charge in [-0.15, -0.1) is 22.7 Å². The smallest absolute Gasteiger partial charge is 0.197 e. The molecule has 0 unspecified atom stereocenters. The molecule has 192 valence electrons. The number of ketones is 2. The third-order valence-electron chi connectivity index (χ3n) is 8.22. The number of para-hydroxylation sites is 2. The lowest BCUT2D eigenvalue weighted by Crippen LogP contribution is -2.30. The number of fused-ring (bicyclic) bond motifs is 5. The Morgan fingerprint density at radius 3 is 1.75 bits per heavy atom. The standard InChI is InChI=1S/C35H23NO2S2/c1-35(2)26-11-5-7-13-28(26)36(29-14-8-6-12-27(29)35)32-19-31-30(40-32)18-22(39-31)17-25-33(37)23-15-20-9-3-4-10-21(20)16-24(23)34(25)38/h3-19H,1-2H3. The predicted molar refractivity (Wildman–Crippen MR) is 167 cm³/mol. The van der Waals surface area contributed by atoms with E-state index in [0.29, 0.717) is 11.1 Å². The second kappa shape index (κ2) is 8.34. The van der Waals surface area contributed by atoms with Crippen LogP contribution in [0, 0.1) is 0 Å². The number of allylic oxidation sites excluding steroid dienone is 1. The molecule has 5 heteroatoms. The van der Waals surface area contributed by atoms with Gasteiger partial charge in [0.15, 0.2) is 11.6 Å². The second-order valence-electron chi connectivity index (χ2n) is 10.9. The SMILES string of the molecule is CC1(C)c2ccccc2N(c2cc3sc(C=C4C(=O)c5cc6ccccc6cc5C4=O)cc3s2)c2ccccc21. The molecule has 0 atom stereocenters. The number of hydrogen-bond acceptors (Lipinski definition) is 5. The lowest BCUT2D eigenvalue weighted by atomic mass is 9.74. The van der Waals surface area contributed by atoms with E-state index in [-0.39, 0.29) is 22.6 Å². The highest BCUT2D eigenvalue weighted by atomic mass is 32.1. The summed E-state index contributed by atoms with van der Waals surface area (Å²) in [6, 6.07) is 33.2. The van der Waals surface area contributed by atoms with E-state index >= 15 is 0 Å². The summed E-state index contributed by atoms with van der Waals surface area (Å²) < 4.78 is 2.29. The second-order valence-corrected chi connectivity index (χ2v) is 13.1. The molecular weight excluding hydrogens is 531 g/mol. The summed E-state index contributed by atoms with van der Waals surface area (Å²) >= 11 is 3.36. The maximum Gasteiger partial charge on any atom is 0.197 e. The fourth-order valence-electron chi connectivity index (χ4n) is 6.21. The first kappa shape index (κ1) is 23.6. The van der Waals surface area contributed by atoms with Crippen LogP contribution in [-0.2, 0) is 5.41 Å². The van der Waals surface area contributed by atoms with Crippen molar-refractivity contribution >= 4 is 76.9 Å². The number of nitrogens with zero attached hydrogens (tertiary/aromatic N) is 1. The molecule has 0 spiro atoms. The van der Waals surface area contributed by atoms with Gasteiger partial charge in [-0.3, -0.25) is 9.59 Å². The number of thiophene rings is 2. The molecule has 8 rings (SSSR count). The van der Waals surface area contributed by atoms with Crippen LogP contribution < -0.4 is 4.90 Å². The van der Waals surface area contributed by atoms with E-state index in [1.165, 1.54) is 22.5 Å². The van der Waals surface area contributed by atoms with Gasteiger partial charge in [-0.2, -0.15) is 0 Å². The molecular formula is C35H23NO2S2. The van der Waals surface area contributed by atoms with Crippen molar-refractivity contribution in [2.24, 2.45) is 0 Å². The Balaban J connectivity index is 1.19. The fraction of sp³-hybridized carbons (Fsp3) is 0.0857. The number of carbonyl (C=O) groups is 2. The van der Waals surface area contributed by atoms with E-state index in [1.54, 1.807) is 28.7 Å². The molecule has 4 aromatic carbocycles. The van der Waals surface area contributed by atoms with Crippen molar-refractivity contribution in [3.05, 3.63) is 130 Å². The summed E-state index contributed by atoms with van der Waals surface area (Å²) in [6.45, 7) is 4.59. The monoisotopic (exact) mass is 553 g/mol. The Morgan fingerprint density at radius 1 is 0.650 bits per heavy atom. The fourth-order valence-corrected chi connectivity index (χ4v) is 8.58. The van der Waals surface area contributed by atoms with E-state index in [1.807, 2.05) is 36.4 Å². The van der Waals surface area contributed by atoms with Gasteiger partial charge in [0.1, 0.15) is 5.00 Å². The first-order chi connectivity index (χ1) is 19.4. The van der Waals surface area contributed by atoms with Gasteiger partial charge in [-0.1, -0.05) is 74.5 Å². The minimum Gasteiger partial charge on any atom is -0.301 e. The summed E-state index contributed by atoms with van der Waals surface area (Å²) in [7, 11) is 0. The van der Waals surface area contributed by atoms with Gasteiger partial charge in [0.25, 0.3) is 0 Å². The highest BCUT2D eigenvalue weighted by Gasteiger charge is 2.37. The molecule has 0 radical (unpaired) electrons. The third kappa shape index (κ3) is 3.28. The maximum atomic E-state index is 13.3. The topological polar surface area (TPSA) is 37.4 Å². The number of rotatable bonds is 2. The lowest BCUT2D eigenvalue weighted by molar-refractivity contribution is 0.0990. The van der Waals surface area contributed by atoms with Crippen LogP contribution in [0.4, 0.5) is 16.4 Å². The Morgan fingerprint density at radius 2 is 1.18 bits per heavy atom. The average Bonchev–Trinajstić information content (AvgIpc) is 3.59. The number of hydrogen-bond donors (Lipinski definition) is 0. The molecule has 6 aromatic rings. The van der Waals surface area contributed by atoms with E-state index in [2.05, 4.69) is 79.4 Å². The zero-order chi connectivity index (χ0) is 27.2. The molecule has 1 aliphatic heterocycles. The normalized spacial score (nSPS) is 15.4. The number of benzene rings is 4. The van der Waals surface area contributed by atoms with Gasteiger partial charge in [-0.05, 0) is 64.4 Å². The summed E-state index contributed by atoms with van der Waals surface area (Å²) in [6.07, 6.45) is 1.78. The Kier molecular flexibility index (Phi) is 4.91. The molecule has 2 aromatic heterocycles. The minimum atomic E-state index is -0.188. The predicted octanol–water partition coefficient (Wildman–Crippen LogP) is 9.69. The highest BCUT2D eigenvalue weighted by molar-refractivity contribution is 7.30. The van der Waals surface area contributed by atoms with Crippen molar-refractivity contribution in [3.63, 3.8) is 0 Å². The molecule has 2 aliphatic rings. The van der Waals surface area contributed by atoms with Gasteiger partial charge >= 0.3 is 0 Å². The zero-order valence-corrected chi connectivity index (χ0v) is 23.5. The van der Waals surface area contributed by atoms with Gasteiger partial charge in [0.05, 0.1) is 16.9 Å². The first-order valence-corrected chi connectivity index (χ1v) is 14.9. The van der Waals surface area contributed by atoms with Crippen LogP contribution >= 0.6 is 22.7 Å². The van der Waals surface area contributed by atoms with Crippen molar-refractivity contribution in [2.45, 2.75) is 19.3 Å². The molecule has 0 saturated heterocycles. The molecule has 40 heavy (non-hydrogen) atoms. The van der Waals surface area contributed by atoms with E-state index in [4.69, 9.17) is 0 Å². The van der Waals surface area contributed by atoms with Crippen molar-refractivity contribution < 1.29 is 9.59 Å². The third-order valence-corrected chi connectivity index (χ3v) is 10.4. The van der Waals surface area contributed by atoms with Crippen LogP contribution in [0.25, 0.3) is 26.2 Å². The highest BCUT2D eigenvalue weighted by Crippen LogP contribution is 2.54. The summed E-state index contributed by atoms with van der Waals surface area (Å²) in [4.78, 5) is 29.8. The van der Waals surface area contributed by atoms with Crippen LogP contribution in [0.5, 0.6) is 0 Å². The minimum absolute atomic E-state index is 0.0958. The first-order valence-electron chi connectivity index (χ1n) is 13.3. The van der Waals surface area contributed by atoms with Gasteiger partial charge in [-0.25, -0.2) is 0 Å². The van der Waals surface area contributed by atoms with Crippen LogP contribution in [0.15, 0.2) is 103 Å². The summed E-state index contributed by atoms with van der Waals surface area (Å²) in [5.41, 5.74) is 6.18. The Bertz CT molecular complexity index is 1950. The molecule has 0 bridgehead atoms. The molecule has 0 fully saturated rings. The largest absolute Gasteiger partial charge is 0.301 e. The molecule has 0 amide bonds. The molecule has 3 heterocycles. The van der Waals surface area contributed by atoms with E-state index in [0.717, 1.165) is 30.1 Å². The van der Waals surface area contributed by atoms with Crippen molar-refractivity contribution in [2.75, 3.05) is 4.90 Å². The van der Waals surface area contributed by atoms with Crippen molar-refractivity contribution in [3.8, 4) is 0 Å². The lowest BCUT2D eigenvalue weighted by Gasteiger charge is -2.41. The van der Waals surface area contributed by atoms with Gasteiger partial charge in [0, 0.05) is 30.8 Å². The molecule has 3 nitrogen and oxygen atoms in total. The summed E-state index contributed by atoms with van der Waals surface area (Å²) in [5.74, 6) is -0.375. The van der Waals surface area contributed by atoms with Crippen molar-refractivity contribution in [1.82, 2.24) is 0 Å². The van der Waals surface area contributed by atoms with Crippen LogP contribution in [-0.4, -0.2) is 11.6 Å². The molecule has 0 saturated carbocycles. The Hall–Kier alpha value is -4.32. The number of anilines is 3. The van der Waals surface area contributed by atoms with Crippen molar-refractivity contribution in [1.29, 1.82) is 0 Å². The quantitative estimate of drug-likeness (QED) is 0.158. The average molecular weight is 554 g/mol. The maximum absolute atomic E-state index is 13.3.